The van der Waals surface area contributed by atoms with E-state index in [-0.39, 0.29) is 7.25 Å². The van der Waals surface area contributed by atoms with Crippen LogP contribution in [0.2, 0.25) is 0 Å². The van der Waals surface area contributed by atoms with Crippen molar-refractivity contribution in [1.82, 2.24) is 0 Å². The number of fused-ring (bicyclic) bond motifs is 2. The molecule has 0 fully saturated rings. The molecule has 2 atom stereocenters. The third-order valence-corrected chi connectivity index (χ3v) is 53.1. The summed E-state index contributed by atoms with van der Waals surface area (Å²) in [5.74, 6) is -2.34. The Bertz CT molecular complexity index is 2070. The molecule has 50 heavy (non-hydrogen) atoms. The van der Waals surface area contributed by atoms with E-state index in [4.69, 9.17) is 0 Å². The first-order valence-corrected chi connectivity index (χ1v) is 33.0. The molecule has 0 aliphatic heterocycles. The summed E-state index contributed by atoms with van der Waals surface area (Å²) in [6, 6.07) is 57.5. The van der Waals surface area contributed by atoms with Crippen LogP contribution in [0.1, 0.15) is 56.2 Å². The van der Waals surface area contributed by atoms with Crippen LogP contribution in [0.15, 0.2) is 169 Å². The number of hydrogen-bond donors (Lipinski definition) is 0. The van der Waals surface area contributed by atoms with Crippen LogP contribution < -0.4 is 10.4 Å². The molecular weight excluding hydrogens is 743 g/mol. The van der Waals surface area contributed by atoms with Crippen LogP contribution in [0, 0.1) is 0 Å². The van der Waals surface area contributed by atoms with Crippen molar-refractivity contribution in [2.45, 2.75) is 33.9 Å². The van der Waals surface area contributed by atoms with E-state index in [1.54, 1.807) is 0 Å². The van der Waals surface area contributed by atoms with Crippen LogP contribution in [0.5, 0.6) is 0 Å². The molecule has 0 aromatic heterocycles. The monoisotopic (exact) mass is 781 g/mol. The fourth-order valence-corrected chi connectivity index (χ4v) is 59.5. The van der Waals surface area contributed by atoms with Crippen molar-refractivity contribution in [3.05, 3.63) is 191 Å². The number of halogens is 2. The van der Waals surface area contributed by atoms with Gasteiger partial charge in [-0.05, 0) is 0 Å². The molecule has 0 radical (unpaired) electrons. The summed E-state index contributed by atoms with van der Waals surface area (Å²) in [6.45, 7) is 4.59. The molecule has 4 heteroatoms. The van der Waals surface area contributed by atoms with Crippen LogP contribution in [0.25, 0.3) is 34.4 Å². The van der Waals surface area contributed by atoms with E-state index in [0.29, 0.717) is 0 Å². The van der Waals surface area contributed by atoms with Gasteiger partial charge in [-0.15, -0.1) is 0 Å². The molecule has 2 aliphatic carbocycles. The molecule has 0 nitrogen and oxygen atoms in total. The van der Waals surface area contributed by atoms with Gasteiger partial charge >= 0.3 is 308 Å². The molecule has 0 saturated heterocycles. The van der Waals surface area contributed by atoms with Gasteiger partial charge in [0.25, 0.3) is 0 Å². The molecule has 0 amide bonds. The van der Waals surface area contributed by atoms with E-state index in [0.717, 1.165) is 12.8 Å². The number of benzene rings is 6. The second-order valence-corrected chi connectivity index (χ2v) is 52.0. The Balaban J connectivity index is 1.47. The Morgan fingerprint density at radius 3 is 1.18 bits per heavy atom. The van der Waals surface area contributed by atoms with Crippen LogP contribution in [-0.2, 0) is 15.6 Å². The number of rotatable bonds is 9. The van der Waals surface area contributed by atoms with Crippen LogP contribution in [0.4, 0.5) is 0 Å². The number of allylic oxidation sites excluding steroid dienone is 2. The summed E-state index contributed by atoms with van der Waals surface area (Å²) in [6.07, 6.45) is 6.73. The zero-order chi connectivity index (χ0) is 34.3. The Labute approximate surface area is 305 Å². The topological polar surface area (TPSA) is 0 Å². The third kappa shape index (κ3) is 5.43. The minimum atomic E-state index is -5.41. The van der Waals surface area contributed by atoms with E-state index >= 15 is 0 Å². The van der Waals surface area contributed by atoms with Crippen LogP contribution >= 0.6 is 17.0 Å². The molecule has 6 aromatic carbocycles. The average molecular weight is 784 g/mol. The van der Waals surface area contributed by atoms with Crippen LogP contribution in [0.3, 0.4) is 0 Å². The molecule has 0 heterocycles. The fraction of sp³-hybridized carbons (Fsp3) is 0.130. The molecule has 0 bridgehead atoms. The molecule has 247 valence electrons. The Kier molecular flexibility index (Phi) is 9.11. The minimum absolute atomic E-state index is 0.0354. The van der Waals surface area contributed by atoms with Crippen molar-refractivity contribution in [3.63, 3.8) is 0 Å². The second kappa shape index (κ2) is 13.6. The predicted octanol–water partition coefficient (Wildman–Crippen LogP) is 12.0. The Hall–Kier alpha value is -3.52. The third-order valence-electron chi connectivity index (χ3n) is 11.2. The van der Waals surface area contributed by atoms with E-state index in [1.807, 2.05) is 0 Å². The van der Waals surface area contributed by atoms with Gasteiger partial charge in [0.05, 0.1) is 0 Å². The summed E-state index contributed by atoms with van der Waals surface area (Å²) >= 11 is -5.41. The zero-order valence-corrected chi connectivity index (χ0v) is 33.7. The van der Waals surface area contributed by atoms with Gasteiger partial charge in [0, 0.05) is 0 Å². The first-order valence-electron chi connectivity index (χ1n) is 17.9. The molecule has 2 aliphatic rings. The van der Waals surface area contributed by atoms with Crippen molar-refractivity contribution in [1.29, 1.82) is 0 Å². The summed E-state index contributed by atoms with van der Waals surface area (Å²) in [5, 5.41) is 2.67. The van der Waals surface area contributed by atoms with Crippen LogP contribution in [-0.4, -0.2) is 5.92 Å². The molecular formula is C46H41Cl2SiZr. The van der Waals surface area contributed by atoms with Crippen molar-refractivity contribution >= 4 is 45.5 Å². The molecule has 0 saturated carbocycles. The Morgan fingerprint density at radius 2 is 0.820 bits per heavy atom. The first kappa shape index (κ1) is 33.6. The van der Waals surface area contributed by atoms with Gasteiger partial charge in [0.15, 0.2) is 0 Å². The summed E-state index contributed by atoms with van der Waals surface area (Å²) < 4.78 is -0.0707. The summed E-state index contributed by atoms with van der Waals surface area (Å²) in [4.78, 5) is 0. The van der Waals surface area contributed by atoms with Gasteiger partial charge < -0.3 is 0 Å². The van der Waals surface area contributed by atoms with Gasteiger partial charge in [-0.3, -0.25) is 0 Å². The van der Waals surface area contributed by atoms with E-state index in [9.17, 15) is 17.0 Å². The summed E-state index contributed by atoms with van der Waals surface area (Å²) in [5.41, 5.74) is 12.9. The second-order valence-electron chi connectivity index (χ2n) is 13.8. The normalized spacial score (nSPS) is 17.4. The maximum absolute atomic E-state index is 9.20. The van der Waals surface area contributed by atoms with Crippen molar-refractivity contribution in [2.24, 2.45) is 0 Å². The van der Waals surface area contributed by atoms with E-state index in [1.165, 1.54) is 66.0 Å². The molecule has 8 rings (SSSR count). The molecule has 2 unspecified atom stereocenters. The predicted molar refractivity (Wildman–Crippen MR) is 217 cm³/mol. The molecule has 6 aromatic rings. The van der Waals surface area contributed by atoms with Crippen molar-refractivity contribution in [2.75, 3.05) is 0 Å². The van der Waals surface area contributed by atoms with E-state index < -0.39 is 21.5 Å². The maximum atomic E-state index is 9.20. The van der Waals surface area contributed by atoms with E-state index in [2.05, 4.69) is 184 Å². The van der Waals surface area contributed by atoms with Gasteiger partial charge in [0.2, 0.25) is 0 Å². The number of hydrogen-bond acceptors (Lipinski definition) is 0. The average Bonchev–Trinajstić information content (AvgIpc) is 3.77. The van der Waals surface area contributed by atoms with Gasteiger partial charge in [-0.2, -0.15) is 0 Å². The van der Waals surface area contributed by atoms with Crippen molar-refractivity contribution < 1.29 is 15.6 Å². The zero-order valence-electron chi connectivity index (χ0n) is 28.6. The van der Waals surface area contributed by atoms with Gasteiger partial charge in [-0.25, -0.2) is 0 Å². The standard InChI is InChI=1S/2C17H15.C12H11Si.2ClH.Zr/c2*1-2-13-11-15-9-6-10-16(17(15)12-13)14-7-4-3-5-8-14;1-3-7-11(8-4-1)13-12-9-5-2-6-10-12;;;/h2*3-12H,2H2,1H3;1-10,13H;2*1H;/q;;;;;+2/p-2. The fourth-order valence-electron chi connectivity index (χ4n) is 9.20. The first-order chi connectivity index (χ1) is 24.4. The SMILES string of the molecule is CCC1=Cc2c(-c3ccccc3)cccc2[CH]1[Zr]([Cl])([Cl])([CH]1C(CC)=Cc2c(-c3ccccc3)cccc21)[SiH](c1ccccc1)c1ccccc1. The molecule has 0 spiro atoms. The van der Waals surface area contributed by atoms with Gasteiger partial charge in [0.1, 0.15) is 0 Å². The van der Waals surface area contributed by atoms with Crippen molar-refractivity contribution in [3.8, 4) is 22.3 Å². The van der Waals surface area contributed by atoms with Gasteiger partial charge in [-0.1, -0.05) is 0 Å². The Morgan fingerprint density at radius 1 is 0.460 bits per heavy atom. The summed E-state index contributed by atoms with van der Waals surface area (Å²) in [7, 11) is 18.4. The molecule has 0 N–H and O–H groups in total. The quantitative estimate of drug-likeness (QED) is 0.128.